The monoisotopic (exact) mass is 227 g/mol. The van der Waals surface area contributed by atoms with Crippen molar-refractivity contribution in [3.63, 3.8) is 0 Å². The number of carbonyl (C=O) groups excluding carboxylic acids is 1. The summed E-state index contributed by atoms with van der Waals surface area (Å²) < 4.78 is 35.2. The molecule has 0 atom stereocenters. The van der Waals surface area contributed by atoms with E-state index < -0.39 is 51.9 Å². The van der Waals surface area contributed by atoms with E-state index in [0.29, 0.717) is 0 Å². The Balaban J connectivity index is 3.52. The first-order valence-electron chi connectivity index (χ1n) is 6.45. The lowest BCUT2D eigenvalue weighted by Crippen LogP contribution is -2.23. The number of benzene rings is 1. The van der Waals surface area contributed by atoms with Gasteiger partial charge >= 0.3 is 5.97 Å². The Labute approximate surface area is 98.8 Å². The average Bonchev–Trinajstić information content (AvgIpc) is 2.24. The fourth-order valence-corrected chi connectivity index (χ4v) is 0.828. The molecule has 0 unspecified atom stereocenters. The van der Waals surface area contributed by atoms with Gasteiger partial charge in [0.25, 0.3) is 5.69 Å². The van der Waals surface area contributed by atoms with Gasteiger partial charge in [-0.25, -0.2) is 4.79 Å². The fraction of sp³-hybridized carbons (Fsp3) is 0.364. The van der Waals surface area contributed by atoms with Crippen LogP contribution in [0, 0.1) is 10.1 Å². The van der Waals surface area contributed by atoms with Crippen molar-refractivity contribution in [1.29, 1.82) is 0 Å². The first-order chi connectivity index (χ1) is 8.97. The maximum absolute atomic E-state index is 11.9. The second-order valence-corrected chi connectivity index (χ2v) is 3.98. The van der Waals surface area contributed by atoms with Crippen molar-refractivity contribution < 1.29 is 19.9 Å². The van der Waals surface area contributed by atoms with Crippen molar-refractivity contribution >= 4 is 11.7 Å². The number of esters is 1. The molecule has 0 saturated heterocycles. The zero-order chi connectivity index (χ0) is 15.8. The van der Waals surface area contributed by atoms with Crippen LogP contribution in [0.4, 0.5) is 5.69 Å². The number of nitro benzene ring substituents is 1. The van der Waals surface area contributed by atoms with Crippen molar-refractivity contribution in [2.75, 3.05) is 0 Å². The lowest BCUT2D eigenvalue weighted by atomic mass is 10.1. The van der Waals surface area contributed by atoms with Gasteiger partial charge in [-0.2, -0.15) is 0 Å². The molecule has 0 bridgehead atoms. The largest absolute Gasteiger partial charge is 0.456 e. The SMILES string of the molecule is [2H]c1c([2H])c([N+](=O)[O-])c([2H])c([2H])c1C(=O)OC(C)(C)C. The highest BCUT2D eigenvalue weighted by molar-refractivity contribution is 5.89. The van der Waals surface area contributed by atoms with E-state index in [0.717, 1.165) is 0 Å². The summed E-state index contributed by atoms with van der Waals surface area (Å²) in [4.78, 5) is 21.6. The molecule has 0 amide bonds. The van der Waals surface area contributed by atoms with Crippen LogP contribution >= 0.6 is 0 Å². The van der Waals surface area contributed by atoms with E-state index in [-0.39, 0.29) is 0 Å². The number of ether oxygens (including phenoxy) is 1. The molecule has 1 rings (SSSR count). The van der Waals surface area contributed by atoms with Gasteiger partial charge in [-0.3, -0.25) is 10.1 Å². The number of carbonyl (C=O) groups is 1. The molecule has 1 aromatic carbocycles. The number of hydrogen-bond donors (Lipinski definition) is 0. The van der Waals surface area contributed by atoms with Crippen molar-refractivity contribution in [1.82, 2.24) is 0 Å². The van der Waals surface area contributed by atoms with E-state index >= 15 is 0 Å². The summed E-state index contributed by atoms with van der Waals surface area (Å²) in [5.74, 6) is -1.05. The van der Waals surface area contributed by atoms with Gasteiger partial charge in [0.2, 0.25) is 0 Å². The van der Waals surface area contributed by atoms with E-state index in [1.165, 1.54) is 0 Å². The average molecular weight is 227 g/mol. The molecule has 0 saturated carbocycles. The molecule has 0 aliphatic rings. The number of nitro groups is 1. The predicted octanol–water partition coefficient (Wildman–Crippen LogP) is 2.55. The highest BCUT2D eigenvalue weighted by Crippen LogP contribution is 2.15. The molecule has 86 valence electrons. The first-order valence-corrected chi connectivity index (χ1v) is 4.45. The Morgan fingerprint density at radius 2 is 1.88 bits per heavy atom. The Bertz CT molecular complexity index is 566. The summed E-state index contributed by atoms with van der Waals surface area (Å²) in [7, 11) is 0. The van der Waals surface area contributed by atoms with E-state index in [4.69, 9.17) is 10.2 Å². The molecular weight excluding hydrogens is 210 g/mol. The molecule has 0 fully saturated rings. The van der Waals surface area contributed by atoms with Gasteiger partial charge in [-0.1, -0.05) is 0 Å². The summed E-state index contributed by atoms with van der Waals surface area (Å²) in [6.07, 6.45) is 0. The van der Waals surface area contributed by atoms with Crippen molar-refractivity contribution in [3.05, 3.63) is 39.8 Å². The van der Waals surface area contributed by atoms with Gasteiger partial charge in [0.05, 0.1) is 16.0 Å². The Hall–Kier alpha value is -1.91. The van der Waals surface area contributed by atoms with Gasteiger partial charge in [0, 0.05) is 12.1 Å². The van der Waals surface area contributed by atoms with E-state index in [1.54, 1.807) is 20.8 Å². The zero-order valence-corrected chi connectivity index (χ0v) is 9.08. The standard InChI is InChI=1S/C11H13NO4/c1-11(2,3)16-10(13)8-4-6-9(7-5-8)12(14)15/h4-7H,1-3H3/i4D,5D,6D,7D. The van der Waals surface area contributed by atoms with Crippen molar-refractivity contribution in [3.8, 4) is 0 Å². The fourth-order valence-electron chi connectivity index (χ4n) is 0.828. The van der Waals surface area contributed by atoms with E-state index in [1.807, 2.05) is 0 Å². The third-order valence-corrected chi connectivity index (χ3v) is 1.40. The summed E-state index contributed by atoms with van der Waals surface area (Å²) >= 11 is 0. The quantitative estimate of drug-likeness (QED) is 0.442. The van der Waals surface area contributed by atoms with Crippen LogP contribution < -0.4 is 0 Å². The minimum Gasteiger partial charge on any atom is -0.456 e. The number of hydrogen-bond acceptors (Lipinski definition) is 4. The van der Waals surface area contributed by atoms with Crippen LogP contribution in [0.1, 0.15) is 36.6 Å². The third kappa shape index (κ3) is 3.34. The van der Waals surface area contributed by atoms with Gasteiger partial charge in [-0.05, 0) is 32.9 Å². The normalized spacial score (nSPS) is 14.4. The molecule has 0 spiro atoms. The molecule has 5 heteroatoms. The number of rotatable bonds is 2. The summed E-state index contributed by atoms with van der Waals surface area (Å²) in [5.41, 5.74) is -2.46. The van der Waals surface area contributed by atoms with Crippen LogP contribution in [0.5, 0.6) is 0 Å². The number of nitrogens with zero attached hydrogens (tertiary/aromatic N) is 1. The van der Waals surface area contributed by atoms with Gasteiger partial charge in [-0.15, -0.1) is 0 Å². The second kappa shape index (κ2) is 4.30. The Morgan fingerprint density at radius 1 is 1.38 bits per heavy atom. The molecule has 0 aliphatic heterocycles. The van der Waals surface area contributed by atoms with Crippen LogP contribution in [0.3, 0.4) is 0 Å². The summed E-state index contributed by atoms with van der Waals surface area (Å²) in [6, 6.07) is -3.33. The predicted molar refractivity (Wildman–Crippen MR) is 58.3 cm³/mol. The Kier molecular flexibility index (Phi) is 1.98. The van der Waals surface area contributed by atoms with E-state index in [2.05, 4.69) is 0 Å². The molecule has 0 radical (unpaired) electrons. The van der Waals surface area contributed by atoms with Crippen LogP contribution in [-0.2, 0) is 4.74 Å². The van der Waals surface area contributed by atoms with Gasteiger partial charge in [0.1, 0.15) is 5.60 Å². The van der Waals surface area contributed by atoms with Gasteiger partial charge in [0.15, 0.2) is 0 Å². The maximum Gasteiger partial charge on any atom is 0.338 e. The third-order valence-electron chi connectivity index (χ3n) is 1.40. The molecule has 0 N–H and O–H groups in total. The molecule has 16 heavy (non-hydrogen) atoms. The van der Waals surface area contributed by atoms with Crippen LogP contribution in [0.2, 0.25) is 0 Å². The lowest BCUT2D eigenvalue weighted by Gasteiger charge is -2.19. The van der Waals surface area contributed by atoms with Crippen molar-refractivity contribution in [2.45, 2.75) is 26.4 Å². The molecule has 0 heterocycles. The molecule has 5 nitrogen and oxygen atoms in total. The minimum atomic E-state index is -1.05. The smallest absolute Gasteiger partial charge is 0.338 e. The Morgan fingerprint density at radius 3 is 2.25 bits per heavy atom. The molecular formula is C11H13NO4. The first kappa shape index (κ1) is 7.38. The summed E-state index contributed by atoms with van der Waals surface area (Å²) in [6.45, 7) is 4.73. The maximum atomic E-state index is 11.9. The summed E-state index contributed by atoms with van der Waals surface area (Å²) in [5, 5.41) is 10.7. The second-order valence-electron chi connectivity index (χ2n) is 3.98. The molecule has 0 aliphatic carbocycles. The minimum absolute atomic E-state index is 0.611. The highest BCUT2D eigenvalue weighted by atomic mass is 16.6. The topological polar surface area (TPSA) is 69.4 Å². The van der Waals surface area contributed by atoms with Crippen LogP contribution in [0.25, 0.3) is 0 Å². The van der Waals surface area contributed by atoms with Crippen LogP contribution in [0.15, 0.2) is 24.2 Å². The zero-order valence-electron chi connectivity index (χ0n) is 13.1. The van der Waals surface area contributed by atoms with E-state index in [9.17, 15) is 14.9 Å². The molecule has 1 aromatic rings. The van der Waals surface area contributed by atoms with Crippen LogP contribution in [-0.4, -0.2) is 16.5 Å². The van der Waals surface area contributed by atoms with Crippen molar-refractivity contribution in [2.24, 2.45) is 0 Å². The molecule has 0 aromatic heterocycles. The van der Waals surface area contributed by atoms with Gasteiger partial charge < -0.3 is 4.74 Å². The highest BCUT2D eigenvalue weighted by Gasteiger charge is 2.18. The lowest BCUT2D eigenvalue weighted by molar-refractivity contribution is -0.384.